The van der Waals surface area contributed by atoms with Gasteiger partial charge < -0.3 is 10.6 Å². The molecule has 126 valence electrons. The summed E-state index contributed by atoms with van der Waals surface area (Å²) in [6, 6.07) is 13.0. The fourth-order valence-electron chi connectivity index (χ4n) is 2.43. The normalized spacial score (nSPS) is 10.4. The summed E-state index contributed by atoms with van der Waals surface area (Å²) in [5.41, 5.74) is 4.14. The first-order valence-corrected chi connectivity index (χ1v) is 8.12. The highest BCUT2D eigenvalue weighted by Crippen LogP contribution is 2.18. The maximum atomic E-state index is 12.2. The maximum absolute atomic E-state index is 12.2. The summed E-state index contributed by atoms with van der Waals surface area (Å²) in [5.74, 6) is 0.251. The van der Waals surface area contributed by atoms with Crippen molar-refractivity contribution in [2.75, 3.05) is 10.6 Å². The fraction of sp³-hybridized carbons (Fsp3) is 0.105. The Morgan fingerprint density at radius 1 is 0.920 bits per heavy atom. The van der Waals surface area contributed by atoms with Crippen molar-refractivity contribution < 1.29 is 4.79 Å². The van der Waals surface area contributed by atoms with Gasteiger partial charge in [-0.1, -0.05) is 17.7 Å². The fourth-order valence-corrected chi connectivity index (χ4v) is 2.56. The molecule has 2 aromatic carbocycles. The van der Waals surface area contributed by atoms with E-state index in [0.717, 1.165) is 16.8 Å². The van der Waals surface area contributed by atoms with Crippen molar-refractivity contribution in [1.29, 1.82) is 0 Å². The van der Waals surface area contributed by atoms with Gasteiger partial charge in [0.05, 0.1) is 12.4 Å². The van der Waals surface area contributed by atoms with E-state index >= 15 is 0 Å². The van der Waals surface area contributed by atoms with Gasteiger partial charge in [0.1, 0.15) is 11.5 Å². The van der Waals surface area contributed by atoms with Crippen molar-refractivity contribution in [1.82, 2.24) is 9.97 Å². The van der Waals surface area contributed by atoms with Crippen molar-refractivity contribution >= 4 is 34.7 Å². The molecule has 0 saturated heterocycles. The van der Waals surface area contributed by atoms with Crippen LogP contribution in [0.15, 0.2) is 54.9 Å². The minimum atomic E-state index is -0.326. The van der Waals surface area contributed by atoms with Crippen molar-refractivity contribution in [2.45, 2.75) is 13.8 Å². The number of aryl methyl sites for hydroxylation is 2. The van der Waals surface area contributed by atoms with Crippen LogP contribution in [0.5, 0.6) is 0 Å². The van der Waals surface area contributed by atoms with Crippen LogP contribution in [0, 0.1) is 13.8 Å². The minimum Gasteiger partial charge on any atom is -0.339 e. The number of rotatable bonds is 4. The molecule has 3 aromatic rings. The van der Waals surface area contributed by atoms with E-state index < -0.39 is 0 Å². The largest absolute Gasteiger partial charge is 0.339 e. The lowest BCUT2D eigenvalue weighted by molar-refractivity contribution is 0.102. The van der Waals surface area contributed by atoms with E-state index in [-0.39, 0.29) is 11.6 Å². The first kappa shape index (κ1) is 16.9. The van der Waals surface area contributed by atoms with Crippen LogP contribution in [0.3, 0.4) is 0 Å². The van der Waals surface area contributed by atoms with E-state index in [1.54, 1.807) is 24.3 Å². The number of anilines is 3. The molecule has 0 aliphatic carbocycles. The number of benzene rings is 2. The smallest absolute Gasteiger partial charge is 0.275 e. The SMILES string of the molecule is Cc1cc(C)cc(Nc2cnc(C(=O)Nc3ccc(Cl)cc3)cn2)c1. The number of carbonyl (C=O) groups is 1. The average Bonchev–Trinajstić information content (AvgIpc) is 2.56. The number of nitrogens with zero attached hydrogens (tertiary/aromatic N) is 2. The molecule has 0 radical (unpaired) electrons. The lowest BCUT2D eigenvalue weighted by Gasteiger charge is -2.08. The van der Waals surface area contributed by atoms with Crippen LogP contribution >= 0.6 is 11.6 Å². The monoisotopic (exact) mass is 352 g/mol. The topological polar surface area (TPSA) is 66.9 Å². The Morgan fingerprint density at radius 2 is 1.60 bits per heavy atom. The van der Waals surface area contributed by atoms with Crippen LogP contribution < -0.4 is 10.6 Å². The second-order valence-corrected chi connectivity index (χ2v) is 6.19. The third-order valence-electron chi connectivity index (χ3n) is 3.48. The second-order valence-electron chi connectivity index (χ2n) is 5.75. The van der Waals surface area contributed by atoms with Crippen LogP contribution in [-0.2, 0) is 0 Å². The van der Waals surface area contributed by atoms with Crippen molar-refractivity contribution in [3.8, 4) is 0 Å². The molecule has 1 aromatic heterocycles. The quantitative estimate of drug-likeness (QED) is 0.711. The van der Waals surface area contributed by atoms with Crippen LogP contribution in [0.1, 0.15) is 21.6 Å². The van der Waals surface area contributed by atoms with Gasteiger partial charge in [-0.2, -0.15) is 0 Å². The van der Waals surface area contributed by atoms with Gasteiger partial charge in [0.2, 0.25) is 0 Å². The number of hydrogen-bond acceptors (Lipinski definition) is 4. The number of carbonyl (C=O) groups excluding carboxylic acids is 1. The Hall–Kier alpha value is -2.92. The van der Waals surface area contributed by atoms with E-state index in [2.05, 4.69) is 26.7 Å². The Bertz CT molecular complexity index is 872. The molecule has 0 saturated carbocycles. The predicted molar refractivity (Wildman–Crippen MR) is 101 cm³/mol. The highest BCUT2D eigenvalue weighted by Gasteiger charge is 2.09. The number of aromatic nitrogens is 2. The first-order valence-electron chi connectivity index (χ1n) is 7.74. The molecular formula is C19H17ClN4O. The molecule has 2 N–H and O–H groups in total. The van der Waals surface area contributed by atoms with Gasteiger partial charge in [-0.05, 0) is 61.4 Å². The summed E-state index contributed by atoms with van der Waals surface area (Å²) in [6.07, 6.45) is 2.98. The molecule has 0 atom stereocenters. The number of hydrogen-bond donors (Lipinski definition) is 2. The summed E-state index contributed by atoms with van der Waals surface area (Å²) < 4.78 is 0. The van der Waals surface area contributed by atoms with Crippen LogP contribution in [0.4, 0.5) is 17.2 Å². The van der Waals surface area contributed by atoms with Crippen LogP contribution in [-0.4, -0.2) is 15.9 Å². The molecule has 5 nitrogen and oxygen atoms in total. The summed E-state index contributed by atoms with van der Waals surface area (Å²) >= 11 is 5.83. The molecule has 1 amide bonds. The standard InChI is InChI=1S/C19H17ClN4O/c1-12-7-13(2)9-16(8-12)23-18-11-21-17(10-22-18)19(25)24-15-5-3-14(20)4-6-15/h3-11H,1-2H3,(H,22,23)(H,24,25). The summed E-state index contributed by atoms with van der Waals surface area (Å²) in [7, 11) is 0. The molecular weight excluding hydrogens is 336 g/mol. The Labute approximate surface area is 151 Å². The molecule has 0 fully saturated rings. The Kier molecular flexibility index (Phi) is 4.95. The Morgan fingerprint density at radius 3 is 2.20 bits per heavy atom. The van der Waals surface area contributed by atoms with Gasteiger partial charge in [-0.25, -0.2) is 9.97 Å². The molecule has 0 spiro atoms. The van der Waals surface area contributed by atoms with E-state index in [1.807, 2.05) is 26.0 Å². The van der Waals surface area contributed by atoms with E-state index in [4.69, 9.17) is 11.6 Å². The summed E-state index contributed by atoms with van der Waals surface area (Å²) in [6.45, 7) is 4.07. The summed E-state index contributed by atoms with van der Waals surface area (Å²) in [5, 5.41) is 6.55. The zero-order valence-electron chi connectivity index (χ0n) is 13.9. The zero-order chi connectivity index (χ0) is 17.8. The number of halogens is 1. The average molecular weight is 353 g/mol. The maximum Gasteiger partial charge on any atom is 0.275 e. The van der Waals surface area contributed by atoms with Gasteiger partial charge in [0, 0.05) is 16.4 Å². The molecule has 0 bridgehead atoms. The molecule has 6 heteroatoms. The predicted octanol–water partition coefficient (Wildman–Crippen LogP) is 4.74. The molecule has 25 heavy (non-hydrogen) atoms. The second kappa shape index (κ2) is 7.32. The van der Waals surface area contributed by atoms with Gasteiger partial charge in [0.15, 0.2) is 0 Å². The lowest BCUT2D eigenvalue weighted by Crippen LogP contribution is -2.14. The van der Waals surface area contributed by atoms with Crippen LogP contribution in [0.25, 0.3) is 0 Å². The third kappa shape index (κ3) is 4.55. The minimum absolute atomic E-state index is 0.237. The number of amides is 1. The lowest BCUT2D eigenvalue weighted by atomic mass is 10.1. The van der Waals surface area contributed by atoms with Crippen molar-refractivity contribution in [2.24, 2.45) is 0 Å². The van der Waals surface area contributed by atoms with Gasteiger partial charge in [-0.15, -0.1) is 0 Å². The molecule has 1 heterocycles. The van der Waals surface area contributed by atoms with Crippen molar-refractivity contribution in [3.63, 3.8) is 0 Å². The molecule has 0 aliphatic rings. The molecule has 0 aliphatic heterocycles. The first-order chi connectivity index (χ1) is 12.0. The highest BCUT2D eigenvalue weighted by molar-refractivity contribution is 6.30. The Balaban J connectivity index is 1.68. The third-order valence-corrected chi connectivity index (χ3v) is 3.73. The number of nitrogens with one attached hydrogen (secondary N) is 2. The summed E-state index contributed by atoms with van der Waals surface area (Å²) in [4.78, 5) is 20.6. The highest BCUT2D eigenvalue weighted by atomic mass is 35.5. The van der Waals surface area contributed by atoms with Gasteiger partial charge in [0.25, 0.3) is 5.91 Å². The van der Waals surface area contributed by atoms with E-state index in [9.17, 15) is 4.79 Å². The van der Waals surface area contributed by atoms with E-state index in [1.165, 1.54) is 12.4 Å². The molecule has 3 rings (SSSR count). The van der Waals surface area contributed by atoms with E-state index in [0.29, 0.717) is 16.5 Å². The molecule has 0 unspecified atom stereocenters. The van der Waals surface area contributed by atoms with Crippen molar-refractivity contribution in [3.05, 3.63) is 76.7 Å². The zero-order valence-corrected chi connectivity index (χ0v) is 14.6. The van der Waals surface area contributed by atoms with Gasteiger partial charge in [-0.3, -0.25) is 4.79 Å². The van der Waals surface area contributed by atoms with Crippen LogP contribution in [0.2, 0.25) is 5.02 Å². The van der Waals surface area contributed by atoms with Gasteiger partial charge >= 0.3 is 0 Å².